The Morgan fingerprint density at radius 2 is 2.26 bits per heavy atom. The number of hydrogen-bond acceptors (Lipinski definition) is 3. The third kappa shape index (κ3) is 2.86. The third-order valence-corrected chi connectivity index (χ3v) is 4.97. The SMILES string of the molecule is Cn1c(CN2CCC[C@@H]2Cn2cccn2)nc2cc(Cl)ccc21. The molecule has 1 aliphatic heterocycles. The van der Waals surface area contributed by atoms with E-state index < -0.39 is 0 Å². The lowest BCUT2D eigenvalue weighted by molar-refractivity contribution is 0.213. The molecule has 3 aromatic rings. The Morgan fingerprint density at radius 1 is 1.35 bits per heavy atom. The second kappa shape index (κ2) is 5.98. The number of aromatic nitrogens is 4. The molecular weight excluding hydrogens is 310 g/mol. The molecule has 0 radical (unpaired) electrons. The molecule has 0 spiro atoms. The van der Waals surface area contributed by atoms with Gasteiger partial charge in [-0.15, -0.1) is 0 Å². The van der Waals surface area contributed by atoms with E-state index in [2.05, 4.69) is 21.6 Å². The van der Waals surface area contributed by atoms with Crippen molar-refractivity contribution in [1.82, 2.24) is 24.2 Å². The van der Waals surface area contributed by atoms with Gasteiger partial charge in [-0.25, -0.2) is 4.98 Å². The fourth-order valence-electron chi connectivity index (χ4n) is 3.48. The van der Waals surface area contributed by atoms with Gasteiger partial charge in [0.15, 0.2) is 0 Å². The van der Waals surface area contributed by atoms with Gasteiger partial charge in [-0.3, -0.25) is 9.58 Å². The zero-order chi connectivity index (χ0) is 15.8. The lowest BCUT2D eigenvalue weighted by Gasteiger charge is -2.24. The molecule has 1 aromatic carbocycles. The number of aryl methyl sites for hydroxylation is 1. The van der Waals surface area contributed by atoms with Crippen LogP contribution in [0, 0.1) is 0 Å². The predicted octanol–water partition coefficient (Wildman–Crippen LogP) is 3.09. The summed E-state index contributed by atoms with van der Waals surface area (Å²) in [7, 11) is 2.08. The standard InChI is InChI=1S/C17H20ClN5/c1-21-16-6-5-13(18)10-15(16)20-17(21)12-22-8-2-4-14(22)11-23-9-3-7-19-23/h3,5-7,9-10,14H,2,4,8,11-12H2,1H3/t14-/m1/s1. The fraction of sp³-hybridized carbons (Fsp3) is 0.412. The summed E-state index contributed by atoms with van der Waals surface area (Å²) in [5, 5.41) is 5.07. The van der Waals surface area contributed by atoms with Gasteiger partial charge >= 0.3 is 0 Å². The van der Waals surface area contributed by atoms with E-state index in [0.29, 0.717) is 6.04 Å². The van der Waals surface area contributed by atoms with Crippen molar-refractivity contribution in [2.75, 3.05) is 6.54 Å². The van der Waals surface area contributed by atoms with Crippen LogP contribution in [-0.2, 0) is 20.1 Å². The van der Waals surface area contributed by atoms with Crippen molar-refractivity contribution >= 4 is 22.6 Å². The highest BCUT2D eigenvalue weighted by Crippen LogP contribution is 2.24. The first-order valence-electron chi connectivity index (χ1n) is 8.03. The first-order valence-corrected chi connectivity index (χ1v) is 8.41. The molecule has 1 saturated heterocycles. The molecule has 1 aliphatic rings. The number of rotatable bonds is 4. The largest absolute Gasteiger partial charge is 0.330 e. The molecule has 23 heavy (non-hydrogen) atoms. The molecule has 0 aliphatic carbocycles. The number of nitrogens with zero attached hydrogens (tertiary/aromatic N) is 5. The summed E-state index contributed by atoms with van der Waals surface area (Å²) < 4.78 is 4.20. The summed E-state index contributed by atoms with van der Waals surface area (Å²) in [5.74, 6) is 1.09. The van der Waals surface area contributed by atoms with E-state index in [1.807, 2.05) is 41.3 Å². The number of halogens is 1. The molecule has 2 aromatic heterocycles. The zero-order valence-electron chi connectivity index (χ0n) is 13.2. The number of imidazole rings is 1. The van der Waals surface area contributed by atoms with Gasteiger partial charge in [0.1, 0.15) is 5.82 Å². The summed E-state index contributed by atoms with van der Waals surface area (Å²) in [6.07, 6.45) is 6.33. The van der Waals surface area contributed by atoms with Crippen LogP contribution in [0.25, 0.3) is 11.0 Å². The Balaban J connectivity index is 1.56. The molecule has 1 atom stereocenters. The van der Waals surface area contributed by atoms with Gasteiger partial charge in [0.2, 0.25) is 0 Å². The van der Waals surface area contributed by atoms with E-state index in [0.717, 1.165) is 41.5 Å². The maximum Gasteiger partial charge on any atom is 0.123 e. The van der Waals surface area contributed by atoms with E-state index in [4.69, 9.17) is 16.6 Å². The summed E-state index contributed by atoms with van der Waals surface area (Å²) in [5.41, 5.74) is 2.10. The van der Waals surface area contributed by atoms with Crippen LogP contribution in [0.1, 0.15) is 18.7 Å². The number of benzene rings is 1. The molecule has 5 nitrogen and oxygen atoms in total. The molecule has 0 saturated carbocycles. The van der Waals surface area contributed by atoms with Gasteiger partial charge in [0.25, 0.3) is 0 Å². The van der Waals surface area contributed by atoms with Crippen molar-refractivity contribution in [2.45, 2.75) is 32.0 Å². The van der Waals surface area contributed by atoms with Crippen LogP contribution in [0.5, 0.6) is 0 Å². The smallest absolute Gasteiger partial charge is 0.123 e. The summed E-state index contributed by atoms with van der Waals surface area (Å²) in [6, 6.07) is 8.41. The normalized spacial score (nSPS) is 19.0. The van der Waals surface area contributed by atoms with Gasteiger partial charge < -0.3 is 4.57 Å². The van der Waals surface area contributed by atoms with Crippen LogP contribution in [0.2, 0.25) is 5.02 Å². The van der Waals surface area contributed by atoms with Crippen LogP contribution < -0.4 is 0 Å². The van der Waals surface area contributed by atoms with Gasteiger partial charge in [-0.2, -0.15) is 5.10 Å². The third-order valence-electron chi connectivity index (χ3n) is 4.74. The van der Waals surface area contributed by atoms with Crippen molar-refractivity contribution in [3.05, 3.63) is 47.5 Å². The maximum atomic E-state index is 6.08. The molecule has 6 heteroatoms. The Labute approximate surface area is 140 Å². The lowest BCUT2D eigenvalue weighted by Crippen LogP contribution is -2.33. The zero-order valence-corrected chi connectivity index (χ0v) is 13.9. The molecule has 0 bridgehead atoms. The average molecular weight is 330 g/mol. The van der Waals surface area contributed by atoms with Crippen LogP contribution in [0.4, 0.5) is 0 Å². The minimum atomic E-state index is 0.526. The fourth-order valence-corrected chi connectivity index (χ4v) is 3.65. The lowest BCUT2D eigenvalue weighted by atomic mass is 10.2. The molecule has 4 rings (SSSR count). The Kier molecular flexibility index (Phi) is 3.83. The van der Waals surface area contributed by atoms with Gasteiger partial charge in [-0.1, -0.05) is 11.6 Å². The van der Waals surface area contributed by atoms with Crippen molar-refractivity contribution in [1.29, 1.82) is 0 Å². The van der Waals surface area contributed by atoms with E-state index in [1.54, 1.807) is 0 Å². The van der Waals surface area contributed by atoms with Gasteiger partial charge in [0.05, 0.1) is 24.1 Å². The molecule has 0 amide bonds. The van der Waals surface area contributed by atoms with Gasteiger partial charge in [-0.05, 0) is 43.7 Å². The molecule has 0 N–H and O–H groups in total. The predicted molar refractivity (Wildman–Crippen MR) is 91.4 cm³/mol. The quantitative estimate of drug-likeness (QED) is 0.738. The van der Waals surface area contributed by atoms with E-state index in [9.17, 15) is 0 Å². The monoisotopic (exact) mass is 329 g/mol. The number of likely N-dealkylation sites (tertiary alicyclic amines) is 1. The minimum absolute atomic E-state index is 0.526. The topological polar surface area (TPSA) is 38.9 Å². The van der Waals surface area contributed by atoms with Crippen molar-refractivity contribution in [2.24, 2.45) is 7.05 Å². The van der Waals surface area contributed by atoms with Crippen LogP contribution in [0.15, 0.2) is 36.7 Å². The van der Waals surface area contributed by atoms with Crippen molar-refractivity contribution < 1.29 is 0 Å². The molecular formula is C17H20ClN5. The molecule has 1 fully saturated rings. The highest BCUT2D eigenvalue weighted by molar-refractivity contribution is 6.31. The first kappa shape index (κ1) is 14.7. The summed E-state index contributed by atoms with van der Waals surface area (Å²) in [4.78, 5) is 7.30. The highest BCUT2D eigenvalue weighted by Gasteiger charge is 2.26. The average Bonchev–Trinajstić information content (AvgIpc) is 3.24. The maximum absolute atomic E-state index is 6.08. The molecule has 3 heterocycles. The van der Waals surface area contributed by atoms with Gasteiger partial charge in [0, 0.05) is 30.5 Å². The number of fused-ring (bicyclic) bond motifs is 1. The second-order valence-corrected chi connectivity index (χ2v) is 6.65. The van der Waals surface area contributed by atoms with E-state index in [-0.39, 0.29) is 0 Å². The van der Waals surface area contributed by atoms with Crippen LogP contribution in [0.3, 0.4) is 0 Å². The number of hydrogen-bond donors (Lipinski definition) is 0. The molecule has 0 unspecified atom stereocenters. The van der Waals surface area contributed by atoms with E-state index >= 15 is 0 Å². The van der Waals surface area contributed by atoms with E-state index in [1.165, 1.54) is 12.8 Å². The second-order valence-electron chi connectivity index (χ2n) is 6.21. The molecule has 120 valence electrons. The van der Waals surface area contributed by atoms with Crippen molar-refractivity contribution in [3.63, 3.8) is 0 Å². The Morgan fingerprint density at radius 3 is 3.09 bits per heavy atom. The van der Waals surface area contributed by atoms with Crippen LogP contribution >= 0.6 is 11.6 Å². The van der Waals surface area contributed by atoms with Crippen LogP contribution in [-0.4, -0.2) is 36.8 Å². The first-order chi connectivity index (χ1) is 11.2. The Bertz CT molecular complexity index is 808. The Hall–Kier alpha value is -1.85. The minimum Gasteiger partial charge on any atom is -0.330 e. The summed E-state index contributed by atoms with van der Waals surface area (Å²) >= 11 is 6.08. The van der Waals surface area contributed by atoms with Crippen molar-refractivity contribution in [3.8, 4) is 0 Å². The summed E-state index contributed by atoms with van der Waals surface area (Å²) in [6.45, 7) is 2.94. The highest BCUT2D eigenvalue weighted by atomic mass is 35.5.